The number of aromatic nitrogens is 4. The Morgan fingerprint density at radius 2 is 2.06 bits per heavy atom. The largest absolute Gasteiger partial charge is 0.343 e. The Kier molecular flexibility index (Phi) is 2.83. The minimum atomic E-state index is 0.442. The second-order valence-corrected chi connectivity index (χ2v) is 4.27. The van der Waals surface area contributed by atoms with Gasteiger partial charge >= 0.3 is 0 Å². The maximum atomic E-state index is 4.50. The van der Waals surface area contributed by atoms with Crippen molar-refractivity contribution in [3.05, 3.63) is 30.5 Å². The van der Waals surface area contributed by atoms with Crippen molar-refractivity contribution in [1.82, 2.24) is 25.3 Å². The van der Waals surface area contributed by atoms with E-state index in [9.17, 15) is 0 Å². The van der Waals surface area contributed by atoms with Crippen molar-refractivity contribution in [3.63, 3.8) is 0 Å². The molecule has 0 aliphatic carbocycles. The fourth-order valence-corrected chi connectivity index (χ4v) is 2.31. The number of nitrogens with one attached hydrogen (secondary N) is 2. The van der Waals surface area contributed by atoms with Gasteiger partial charge in [0.05, 0.1) is 5.69 Å². The van der Waals surface area contributed by atoms with Crippen molar-refractivity contribution in [2.24, 2.45) is 0 Å². The first-order chi connectivity index (χ1) is 8.45. The van der Waals surface area contributed by atoms with Gasteiger partial charge in [-0.1, -0.05) is 0 Å². The second-order valence-electron chi connectivity index (χ2n) is 4.27. The molecule has 2 aromatic heterocycles. The lowest BCUT2D eigenvalue weighted by atomic mass is 9.94. The van der Waals surface area contributed by atoms with Crippen molar-refractivity contribution in [3.8, 4) is 11.5 Å². The molecule has 1 atom stereocenters. The maximum Gasteiger partial charge on any atom is 0.157 e. The van der Waals surface area contributed by atoms with Crippen LogP contribution >= 0.6 is 0 Å². The third-order valence-electron chi connectivity index (χ3n) is 3.13. The van der Waals surface area contributed by atoms with Gasteiger partial charge in [0.15, 0.2) is 5.82 Å². The molecule has 3 rings (SSSR count). The molecule has 0 radical (unpaired) electrons. The zero-order valence-corrected chi connectivity index (χ0v) is 9.56. The highest BCUT2D eigenvalue weighted by molar-refractivity contribution is 5.53. The molecule has 0 unspecified atom stereocenters. The van der Waals surface area contributed by atoms with Gasteiger partial charge in [-0.25, -0.2) is 9.97 Å². The number of H-pyrrole nitrogens is 1. The maximum absolute atomic E-state index is 4.50. The summed E-state index contributed by atoms with van der Waals surface area (Å²) in [5, 5.41) is 3.41. The first kappa shape index (κ1) is 10.4. The summed E-state index contributed by atoms with van der Waals surface area (Å²) in [6.45, 7) is 2.08. The fourth-order valence-electron chi connectivity index (χ4n) is 2.31. The molecule has 2 N–H and O–H groups in total. The first-order valence-corrected chi connectivity index (χ1v) is 5.96. The normalized spacial score (nSPS) is 20.4. The van der Waals surface area contributed by atoms with Crippen LogP contribution in [0.15, 0.2) is 24.8 Å². The molecule has 1 saturated heterocycles. The molecule has 1 fully saturated rings. The highest BCUT2D eigenvalue weighted by Crippen LogP contribution is 2.27. The van der Waals surface area contributed by atoms with Gasteiger partial charge in [0.1, 0.15) is 5.69 Å². The molecule has 88 valence electrons. The lowest BCUT2D eigenvalue weighted by Gasteiger charge is -2.23. The Morgan fingerprint density at radius 3 is 2.82 bits per heavy atom. The highest BCUT2D eigenvalue weighted by Gasteiger charge is 2.21. The van der Waals surface area contributed by atoms with Crippen molar-refractivity contribution >= 4 is 0 Å². The first-order valence-electron chi connectivity index (χ1n) is 5.96. The summed E-state index contributed by atoms with van der Waals surface area (Å²) in [5.74, 6) is 1.25. The minimum absolute atomic E-state index is 0.442. The van der Waals surface area contributed by atoms with Crippen LogP contribution in [-0.4, -0.2) is 33.0 Å². The Bertz CT molecular complexity index is 473. The lowest BCUT2D eigenvalue weighted by Crippen LogP contribution is -2.29. The standard InChI is InChI=1S/C12H15N5/c1-2-9(8-13-3-1)10-11(15-5-4-14-10)12-16-6-7-17-12/h4-7,9,13H,1-3,8H2,(H,16,17)/t9-/m0/s1. The Labute approximate surface area is 99.7 Å². The number of piperidine rings is 1. The van der Waals surface area contributed by atoms with Gasteiger partial charge in [-0.15, -0.1) is 0 Å². The van der Waals surface area contributed by atoms with Crippen molar-refractivity contribution in [1.29, 1.82) is 0 Å². The van der Waals surface area contributed by atoms with Crippen molar-refractivity contribution < 1.29 is 0 Å². The van der Waals surface area contributed by atoms with E-state index in [4.69, 9.17) is 0 Å². The number of imidazole rings is 1. The van der Waals surface area contributed by atoms with E-state index in [-0.39, 0.29) is 0 Å². The van der Waals surface area contributed by atoms with Gasteiger partial charge in [0, 0.05) is 37.3 Å². The molecule has 3 heterocycles. The molecule has 5 nitrogen and oxygen atoms in total. The molecule has 17 heavy (non-hydrogen) atoms. The topological polar surface area (TPSA) is 66.5 Å². The monoisotopic (exact) mass is 229 g/mol. The second kappa shape index (κ2) is 4.63. The number of aromatic amines is 1. The van der Waals surface area contributed by atoms with Gasteiger partial charge in [-0.05, 0) is 19.4 Å². The highest BCUT2D eigenvalue weighted by atomic mass is 15.0. The molecule has 0 saturated carbocycles. The molecule has 1 aliphatic rings. The van der Waals surface area contributed by atoms with Gasteiger partial charge < -0.3 is 10.3 Å². The average molecular weight is 229 g/mol. The summed E-state index contributed by atoms with van der Waals surface area (Å²) < 4.78 is 0. The molecule has 0 aromatic carbocycles. The van der Waals surface area contributed by atoms with Gasteiger partial charge in [-0.3, -0.25) is 4.98 Å². The number of hydrogen-bond acceptors (Lipinski definition) is 4. The lowest BCUT2D eigenvalue weighted by molar-refractivity contribution is 0.454. The summed E-state index contributed by atoms with van der Waals surface area (Å²) >= 11 is 0. The van der Waals surface area contributed by atoms with Gasteiger partial charge in [-0.2, -0.15) is 0 Å². The van der Waals surface area contributed by atoms with Crippen molar-refractivity contribution in [2.75, 3.05) is 13.1 Å². The van der Waals surface area contributed by atoms with Gasteiger partial charge in [0.25, 0.3) is 0 Å². The van der Waals surface area contributed by atoms with Crippen LogP contribution in [0.25, 0.3) is 11.5 Å². The molecular weight excluding hydrogens is 214 g/mol. The molecule has 0 spiro atoms. The Hall–Kier alpha value is -1.75. The number of nitrogens with zero attached hydrogens (tertiary/aromatic N) is 3. The van der Waals surface area contributed by atoms with E-state index < -0.39 is 0 Å². The zero-order valence-electron chi connectivity index (χ0n) is 9.56. The van der Waals surface area contributed by atoms with E-state index in [1.165, 1.54) is 12.8 Å². The van der Waals surface area contributed by atoms with Crippen LogP contribution < -0.4 is 5.32 Å². The summed E-state index contributed by atoms with van der Waals surface area (Å²) in [5.41, 5.74) is 1.93. The third-order valence-corrected chi connectivity index (χ3v) is 3.13. The van der Waals surface area contributed by atoms with Crippen molar-refractivity contribution in [2.45, 2.75) is 18.8 Å². The number of rotatable bonds is 2. The zero-order chi connectivity index (χ0) is 11.5. The van der Waals surface area contributed by atoms with Crippen LogP contribution in [0.5, 0.6) is 0 Å². The average Bonchev–Trinajstić information content (AvgIpc) is 2.94. The molecule has 2 aromatic rings. The predicted octanol–water partition coefficient (Wildman–Crippen LogP) is 1.33. The van der Waals surface area contributed by atoms with E-state index >= 15 is 0 Å². The fraction of sp³-hybridized carbons (Fsp3) is 0.417. The van der Waals surface area contributed by atoms with E-state index in [2.05, 4.69) is 25.3 Å². The van der Waals surface area contributed by atoms with Crippen LogP contribution in [0.1, 0.15) is 24.5 Å². The van der Waals surface area contributed by atoms with Crippen LogP contribution in [0.3, 0.4) is 0 Å². The van der Waals surface area contributed by atoms with Crippen LogP contribution in [0, 0.1) is 0 Å². The number of hydrogen-bond donors (Lipinski definition) is 2. The molecule has 0 amide bonds. The van der Waals surface area contributed by atoms with E-state index in [0.717, 1.165) is 30.3 Å². The summed E-state index contributed by atoms with van der Waals surface area (Å²) in [6, 6.07) is 0. The predicted molar refractivity (Wildman–Crippen MR) is 64.5 cm³/mol. The van der Waals surface area contributed by atoms with E-state index in [1.54, 1.807) is 18.6 Å². The molecule has 0 bridgehead atoms. The van der Waals surface area contributed by atoms with E-state index in [1.807, 2.05) is 6.20 Å². The Balaban J connectivity index is 1.98. The van der Waals surface area contributed by atoms with Crippen LogP contribution in [0.4, 0.5) is 0 Å². The molecule has 5 heteroatoms. The minimum Gasteiger partial charge on any atom is -0.343 e. The van der Waals surface area contributed by atoms with E-state index in [0.29, 0.717) is 5.92 Å². The Morgan fingerprint density at radius 1 is 1.12 bits per heavy atom. The summed E-state index contributed by atoms with van der Waals surface area (Å²) in [6.07, 6.45) is 9.39. The van der Waals surface area contributed by atoms with Crippen LogP contribution in [0.2, 0.25) is 0 Å². The summed E-state index contributed by atoms with van der Waals surface area (Å²) in [7, 11) is 0. The quantitative estimate of drug-likeness (QED) is 0.815. The SMILES string of the molecule is c1c[nH]c(-c2nccnc2[C@H]2CCCNC2)n1. The third kappa shape index (κ3) is 2.06. The smallest absolute Gasteiger partial charge is 0.157 e. The summed E-state index contributed by atoms with van der Waals surface area (Å²) in [4.78, 5) is 16.3. The molecule has 1 aliphatic heterocycles. The van der Waals surface area contributed by atoms with Crippen LogP contribution in [-0.2, 0) is 0 Å². The molecular formula is C12H15N5. The van der Waals surface area contributed by atoms with Gasteiger partial charge in [0.2, 0.25) is 0 Å².